The first-order valence-electron chi connectivity index (χ1n) is 8.95. The van der Waals surface area contributed by atoms with Crippen molar-refractivity contribution in [2.24, 2.45) is 0 Å². The van der Waals surface area contributed by atoms with Gasteiger partial charge in [-0.1, -0.05) is 64.7 Å². The SMILES string of the molecule is CCCCCCCCCCCCC(=O)c1ccc(OC)cc1. The van der Waals surface area contributed by atoms with Crippen LogP contribution in [0.1, 0.15) is 87.9 Å². The van der Waals surface area contributed by atoms with E-state index in [1.54, 1.807) is 7.11 Å². The van der Waals surface area contributed by atoms with Crippen LogP contribution in [0.2, 0.25) is 0 Å². The second-order valence-corrected chi connectivity index (χ2v) is 6.08. The van der Waals surface area contributed by atoms with Gasteiger partial charge in [0.1, 0.15) is 5.75 Å². The third kappa shape index (κ3) is 8.21. The van der Waals surface area contributed by atoms with E-state index >= 15 is 0 Å². The average Bonchev–Trinajstić information content (AvgIpc) is 2.56. The number of rotatable bonds is 13. The molecule has 0 fully saturated rings. The summed E-state index contributed by atoms with van der Waals surface area (Å²) in [5, 5.41) is 0. The van der Waals surface area contributed by atoms with Crippen LogP contribution in [0, 0.1) is 0 Å². The number of benzene rings is 1. The number of Topliss-reactive ketones (excluding diaryl/α,β-unsaturated/α-hetero) is 1. The molecule has 0 amide bonds. The first-order chi connectivity index (χ1) is 10.8. The van der Waals surface area contributed by atoms with Crippen LogP contribution < -0.4 is 4.74 Å². The molecule has 0 heterocycles. The summed E-state index contributed by atoms with van der Waals surface area (Å²) in [6.45, 7) is 2.26. The Morgan fingerprint density at radius 1 is 0.818 bits per heavy atom. The van der Waals surface area contributed by atoms with Crippen molar-refractivity contribution in [2.45, 2.75) is 77.6 Å². The summed E-state index contributed by atoms with van der Waals surface area (Å²) in [4.78, 5) is 12.0. The molecule has 2 nitrogen and oxygen atoms in total. The van der Waals surface area contributed by atoms with Gasteiger partial charge in [0, 0.05) is 12.0 Å². The molecule has 0 aliphatic heterocycles. The third-order valence-electron chi connectivity index (χ3n) is 4.17. The molecule has 2 heteroatoms. The van der Waals surface area contributed by atoms with Gasteiger partial charge in [0.2, 0.25) is 0 Å². The standard InChI is InChI=1S/C20H32O2/c1-3-4-5-6-7-8-9-10-11-12-13-20(21)18-14-16-19(22-2)17-15-18/h14-17H,3-13H2,1-2H3. The summed E-state index contributed by atoms with van der Waals surface area (Å²) in [6.07, 6.45) is 13.7. The van der Waals surface area contributed by atoms with Gasteiger partial charge in [0.15, 0.2) is 5.78 Å². The molecule has 0 radical (unpaired) electrons. The number of ketones is 1. The van der Waals surface area contributed by atoms with Gasteiger partial charge in [0.05, 0.1) is 7.11 Å². The molecule has 0 N–H and O–H groups in total. The second-order valence-electron chi connectivity index (χ2n) is 6.08. The maximum atomic E-state index is 12.0. The number of carbonyl (C=O) groups excluding carboxylic acids is 1. The molecule has 1 aromatic carbocycles. The van der Waals surface area contributed by atoms with E-state index in [2.05, 4.69) is 6.92 Å². The van der Waals surface area contributed by atoms with Gasteiger partial charge in [-0.2, -0.15) is 0 Å². The molecule has 0 aliphatic rings. The minimum absolute atomic E-state index is 0.252. The Morgan fingerprint density at radius 2 is 1.32 bits per heavy atom. The Morgan fingerprint density at radius 3 is 1.82 bits per heavy atom. The van der Waals surface area contributed by atoms with Crippen molar-refractivity contribution in [3.8, 4) is 5.75 Å². The lowest BCUT2D eigenvalue weighted by Crippen LogP contribution is -1.98. The summed E-state index contributed by atoms with van der Waals surface area (Å²) in [5.41, 5.74) is 0.803. The molecule has 0 aromatic heterocycles. The van der Waals surface area contributed by atoms with E-state index in [0.717, 1.165) is 17.7 Å². The molecule has 0 saturated carbocycles. The smallest absolute Gasteiger partial charge is 0.162 e. The highest BCUT2D eigenvalue weighted by Crippen LogP contribution is 2.15. The summed E-state index contributed by atoms with van der Waals surface area (Å²) in [7, 11) is 1.64. The second kappa shape index (κ2) is 12.3. The number of hydrogen-bond acceptors (Lipinski definition) is 2. The monoisotopic (exact) mass is 304 g/mol. The van der Waals surface area contributed by atoms with Gasteiger partial charge in [-0.05, 0) is 30.7 Å². The van der Waals surface area contributed by atoms with Gasteiger partial charge >= 0.3 is 0 Å². The molecule has 0 unspecified atom stereocenters. The maximum absolute atomic E-state index is 12.0. The van der Waals surface area contributed by atoms with Gasteiger partial charge in [-0.15, -0.1) is 0 Å². The summed E-state index contributed by atoms with van der Waals surface area (Å²) < 4.78 is 5.10. The Balaban J connectivity index is 2.00. The molecule has 0 aliphatic carbocycles. The van der Waals surface area contributed by atoms with Crippen molar-refractivity contribution in [1.82, 2.24) is 0 Å². The van der Waals surface area contributed by atoms with Crippen LogP contribution in [-0.4, -0.2) is 12.9 Å². The molecule has 0 saturated heterocycles. The van der Waals surface area contributed by atoms with Crippen LogP contribution in [0.5, 0.6) is 5.75 Å². The highest BCUT2D eigenvalue weighted by Gasteiger charge is 2.05. The molecular formula is C20H32O2. The minimum Gasteiger partial charge on any atom is -0.497 e. The normalized spacial score (nSPS) is 10.6. The predicted molar refractivity (Wildman–Crippen MR) is 93.8 cm³/mol. The number of carbonyl (C=O) groups is 1. The molecule has 0 bridgehead atoms. The fourth-order valence-electron chi connectivity index (χ4n) is 2.69. The first-order valence-corrected chi connectivity index (χ1v) is 8.95. The molecule has 22 heavy (non-hydrogen) atoms. The molecular weight excluding hydrogens is 272 g/mol. The van der Waals surface area contributed by atoms with Crippen molar-refractivity contribution in [1.29, 1.82) is 0 Å². The zero-order valence-corrected chi connectivity index (χ0v) is 14.4. The Kier molecular flexibility index (Phi) is 10.4. The van der Waals surface area contributed by atoms with Gasteiger partial charge in [-0.3, -0.25) is 4.79 Å². The van der Waals surface area contributed by atoms with Crippen LogP contribution >= 0.6 is 0 Å². The van der Waals surface area contributed by atoms with E-state index in [4.69, 9.17) is 4.74 Å². The van der Waals surface area contributed by atoms with E-state index in [1.165, 1.54) is 57.8 Å². The molecule has 0 spiro atoms. The number of methoxy groups -OCH3 is 1. The van der Waals surface area contributed by atoms with E-state index < -0.39 is 0 Å². The lowest BCUT2D eigenvalue weighted by molar-refractivity contribution is 0.0979. The van der Waals surface area contributed by atoms with Crippen LogP contribution in [-0.2, 0) is 0 Å². The van der Waals surface area contributed by atoms with Crippen LogP contribution in [0.25, 0.3) is 0 Å². The molecule has 1 rings (SSSR count). The number of ether oxygens (including phenoxy) is 1. The highest BCUT2D eigenvalue weighted by atomic mass is 16.5. The summed E-state index contributed by atoms with van der Waals surface area (Å²) in [5.74, 6) is 1.05. The zero-order valence-electron chi connectivity index (χ0n) is 14.4. The van der Waals surface area contributed by atoms with Gasteiger partial charge in [0.25, 0.3) is 0 Å². The quantitative estimate of drug-likeness (QED) is 0.321. The molecule has 1 aromatic rings. The van der Waals surface area contributed by atoms with E-state index in [-0.39, 0.29) is 5.78 Å². The Labute approximate surface area is 136 Å². The topological polar surface area (TPSA) is 26.3 Å². The fourth-order valence-corrected chi connectivity index (χ4v) is 2.69. The summed E-state index contributed by atoms with van der Waals surface area (Å²) >= 11 is 0. The van der Waals surface area contributed by atoms with Gasteiger partial charge < -0.3 is 4.74 Å². The molecule has 0 atom stereocenters. The van der Waals surface area contributed by atoms with E-state index in [9.17, 15) is 4.79 Å². The lowest BCUT2D eigenvalue weighted by atomic mass is 10.0. The fraction of sp³-hybridized carbons (Fsp3) is 0.650. The van der Waals surface area contributed by atoms with Crippen molar-refractivity contribution < 1.29 is 9.53 Å². The van der Waals surface area contributed by atoms with E-state index in [0.29, 0.717) is 6.42 Å². The highest BCUT2D eigenvalue weighted by molar-refractivity contribution is 5.96. The minimum atomic E-state index is 0.252. The summed E-state index contributed by atoms with van der Waals surface area (Å²) in [6, 6.07) is 7.42. The largest absolute Gasteiger partial charge is 0.497 e. The van der Waals surface area contributed by atoms with Gasteiger partial charge in [-0.25, -0.2) is 0 Å². The number of hydrogen-bond donors (Lipinski definition) is 0. The van der Waals surface area contributed by atoms with Crippen LogP contribution in [0.4, 0.5) is 0 Å². The van der Waals surface area contributed by atoms with Crippen LogP contribution in [0.3, 0.4) is 0 Å². The van der Waals surface area contributed by atoms with Crippen molar-refractivity contribution in [3.63, 3.8) is 0 Å². The van der Waals surface area contributed by atoms with Crippen molar-refractivity contribution in [3.05, 3.63) is 29.8 Å². The zero-order chi connectivity index (χ0) is 16.0. The predicted octanol–water partition coefficient (Wildman–Crippen LogP) is 6.19. The third-order valence-corrected chi connectivity index (χ3v) is 4.17. The van der Waals surface area contributed by atoms with Crippen molar-refractivity contribution >= 4 is 5.78 Å². The van der Waals surface area contributed by atoms with Crippen LogP contribution in [0.15, 0.2) is 24.3 Å². The number of unbranched alkanes of at least 4 members (excludes halogenated alkanes) is 9. The maximum Gasteiger partial charge on any atom is 0.162 e. The molecule has 124 valence electrons. The average molecular weight is 304 g/mol. The van der Waals surface area contributed by atoms with Crippen molar-refractivity contribution in [2.75, 3.05) is 7.11 Å². The Hall–Kier alpha value is -1.31. The van der Waals surface area contributed by atoms with E-state index in [1.807, 2.05) is 24.3 Å². The first kappa shape index (κ1) is 18.7. The lowest BCUT2D eigenvalue weighted by Gasteiger charge is -2.04. The Bertz CT molecular complexity index is 395.